The molecule has 1 aromatic rings. The number of nitrogens with zero attached hydrogens (tertiary/aromatic N) is 1. The lowest BCUT2D eigenvalue weighted by molar-refractivity contribution is 0.167. The van der Waals surface area contributed by atoms with E-state index in [0.717, 1.165) is 13.1 Å². The molecular formula is C12H17N3O. The van der Waals surface area contributed by atoms with Crippen LogP contribution < -0.4 is 11.1 Å². The fraction of sp³-hybridized carbons (Fsp3) is 0.417. The first-order chi connectivity index (χ1) is 7.70. The molecule has 0 spiro atoms. The molecule has 86 valence electrons. The number of hydrogen-bond acceptors (Lipinski definition) is 2. The van der Waals surface area contributed by atoms with E-state index in [1.54, 1.807) is 4.90 Å². The summed E-state index contributed by atoms with van der Waals surface area (Å²) in [6.45, 7) is 4.32. The van der Waals surface area contributed by atoms with E-state index in [4.69, 9.17) is 5.73 Å². The maximum Gasteiger partial charge on any atom is 0.315 e. The van der Waals surface area contributed by atoms with Crippen LogP contribution in [0.1, 0.15) is 17.2 Å². The number of carbonyl (C=O) groups is 1. The molecule has 0 radical (unpaired) electrons. The molecule has 1 aliphatic rings. The maximum absolute atomic E-state index is 11.4. The molecule has 1 aromatic carbocycles. The minimum absolute atomic E-state index is 0.0625. The molecule has 1 fully saturated rings. The standard InChI is InChI=1S/C12H17N3O/c1-9-4-2-3-5-10(9)11-8-14-6-7-15(11)12(13)16/h2-5,11,14H,6-8H2,1H3,(H2,13,16). The Kier molecular flexibility index (Phi) is 3.10. The smallest absolute Gasteiger partial charge is 0.315 e. The second-order valence-electron chi connectivity index (χ2n) is 4.11. The van der Waals surface area contributed by atoms with Crippen LogP contribution in [0.2, 0.25) is 0 Å². The summed E-state index contributed by atoms with van der Waals surface area (Å²) in [5, 5.41) is 3.30. The van der Waals surface area contributed by atoms with Crippen molar-refractivity contribution in [1.82, 2.24) is 10.2 Å². The zero-order valence-corrected chi connectivity index (χ0v) is 9.44. The molecule has 1 saturated heterocycles. The molecule has 1 unspecified atom stereocenters. The summed E-state index contributed by atoms with van der Waals surface area (Å²) < 4.78 is 0. The summed E-state index contributed by atoms with van der Waals surface area (Å²) in [6.07, 6.45) is 0. The molecule has 4 heteroatoms. The Bertz CT molecular complexity index is 392. The van der Waals surface area contributed by atoms with Crippen molar-refractivity contribution >= 4 is 6.03 Å². The van der Waals surface area contributed by atoms with Crippen molar-refractivity contribution in [3.8, 4) is 0 Å². The van der Waals surface area contributed by atoms with Crippen LogP contribution in [0.3, 0.4) is 0 Å². The van der Waals surface area contributed by atoms with Gasteiger partial charge < -0.3 is 16.0 Å². The fourth-order valence-corrected chi connectivity index (χ4v) is 2.21. The lowest BCUT2D eigenvalue weighted by atomic mass is 9.99. The summed E-state index contributed by atoms with van der Waals surface area (Å²) in [5.41, 5.74) is 7.78. The minimum Gasteiger partial charge on any atom is -0.351 e. The zero-order chi connectivity index (χ0) is 11.5. The van der Waals surface area contributed by atoms with E-state index in [1.807, 2.05) is 12.1 Å². The quantitative estimate of drug-likeness (QED) is 0.741. The highest BCUT2D eigenvalue weighted by atomic mass is 16.2. The zero-order valence-electron chi connectivity index (χ0n) is 9.44. The predicted octanol–water partition coefficient (Wildman–Crippen LogP) is 1.02. The molecule has 2 amide bonds. The molecule has 16 heavy (non-hydrogen) atoms. The van der Waals surface area contributed by atoms with Gasteiger partial charge in [-0.05, 0) is 18.1 Å². The Morgan fingerprint density at radius 1 is 1.50 bits per heavy atom. The number of hydrogen-bond donors (Lipinski definition) is 2. The molecule has 4 nitrogen and oxygen atoms in total. The Balaban J connectivity index is 2.30. The third-order valence-electron chi connectivity index (χ3n) is 3.07. The normalized spacial score (nSPS) is 20.8. The van der Waals surface area contributed by atoms with Gasteiger partial charge in [-0.25, -0.2) is 4.79 Å². The van der Waals surface area contributed by atoms with Crippen molar-refractivity contribution in [2.24, 2.45) is 5.73 Å². The number of piperazine rings is 1. The fourth-order valence-electron chi connectivity index (χ4n) is 2.21. The van der Waals surface area contributed by atoms with Crippen LogP contribution in [-0.2, 0) is 0 Å². The van der Waals surface area contributed by atoms with Crippen LogP contribution in [0.15, 0.2) is 24.3 Å². The molecule has 3 N–H and O–H groups in total. The average Bonchev–Trinajstić information content (AvgIpc) is 2.29. The van der Waals surface area contributed by atoms with Gasteiger partial charge in [0.1, 0.15) is 0 Å². The number of rotatable bonds is 1. The summed E-state index contributed by atoms with van der Waals surface area (Å²) in [6, 6.07) is 7.84. The number of amides is 2. The third kappa shape index (κ3) is 2.02. The van der Waals surface area contributed by atoms with E-state index >= 15 is 0 Å². The van der Waals surface area contributed by atoms with E-state index in [2.05, 4.69) is 24.4 Å². The highest BCUT2D eigenvalue weighted by Crippen LogP contribution is 2.24. The Morgan fingerprint density at radius 3 is 2.94 bits per heavy atom. The number of nitrogens with two attached hydrogens (primary N) is 1. The van der Waals surface area contributed by atoms with Crippen LogP contribution in [-0.4, -0.2) is 30.6 Å². The molecule has 0 bridgehead atoms. The molecule has 1 atom stereocenters. The van der Waals surface area contributed by atoms with E-state index in [-0.39, 0.29) is 12.1 Å². The van der Waals surface area contributed by atoms with Crippen molar-refractivity contribution in [2.75, 3.05) is 19.6 Å². The van der Waals surface area contributed by atoms with Crippen molar-refractivity contribution < 1.29 is 4.79 Å². The van der Waals surface area contributed by atoms with E-state index in [1.165, 1.54) is 11.1 Å². The van der Waals surface area contributed by atoms with Gasteiger partial charge in [-0.2, -0.15) is 0 Å². The summed E-state index contributed by atoms with van der Waals surface area (Å²) in [7, 11) is 0. The van der Waals surface area contributed by atoms with Crippen LogP contribution >= 0.6 is 0 Å². The summed E-state index contributed by atoms with van der Waals surface area (Å²) >= 11 is 0. The molecule has 0 aromatic heterocycles. The Morgan fingerprint density at radius 2 is 2.25 bits per heavy atom. The van der Waals surface area contributed by atoms with Gasteiger partial charge in [0.2, 0.25) is 0 Å². The van der Waals surface area contributed by atoms with Crippen LogP contribution in [0.4, 0.5) is 4.79 Å². The predicted molar refractivity (Wildman–Crippen MR) is 63.1 cm³/mol. The maximum atomic E-state index is 11.4. The van der Waals surface area contributed by atoms with Gasteiger partial charge in [-0.3, -0.25) is 0 Å². The Hall–Kier alpha value is -1.55. The summed E-state index contributed by atoms with van der Waals surface area (Å²) in [4.78, 5) is 13.1. The molecular weight excluding hydrogens is 202 g/mol. The van der Waals surface area contributed by atoms with Gasteiger partial charge in [0, 0.05) is 19.6 Å². The second-order valence-corrected chi connectivity index (χ2v) is 4.11. The molecule has 2 rings (SSSR count). The number of urea groups is 1. The number of carbonyl (C=O) groups excluding carboxylic acids is 1. The molecule has 1 aliphatic heterocycles. The number of aryl methyl sites for hydroxylation is 1. The SMILES string of the molecule is Cc1ccccc1C1CNCCN1C(N)=O. The van der Waals surface area contributed by atoms with Crippen molar-refractivity contribution in [2.45, 2.75) is 13.0 Å². The largest absolute Gasteiger partial charge is 0.351 e. The van der Waals surface area contributed by atoms with Crippen molar-refractivity contribution in [1.29, 1.82) is 0 Å². The van der Waals surface area contributed by atoms with Crippen molar-refractivity contribution in [3.05, 3.63) is 35.4 Å². The summed E-state index contributed by atoms with van der Waals surface area (Å²) in [5.74, 6) is 0. The van der Waals surface area contributed by atoms with Crippen LogP contribution in [0, 0.1) is 6.92 Å². The van der Waals surface area contributed by atoms with Crippen molar-refractivity contribution in [3.63, 3.8) is 0 Å². The molecule has 0 saturated carbocycles. The van der Waals surface area contributed by atoms with Crippen LogP contribution in [0.25, 0.3) is 0 Å². The number of nitrogens with one attached hydrogen (secondary N) is 1. The third-order valence-corrected chi connectivity index (χ3v) is 3.07. The van der Waals surface area contributed by atoms with E-state index in [9.17, 15) is 4.79 Å². The van der Waals surface area contributed by atoms with Gasteiger partial charge in [0.25, 0.3) is 0 Å². The average molecular weight is 219 g/mol. The van der Waals surface area contributed by atoms with E-state index < -0.39 is 0 Å². The molecule has 0 aliphatic carbocycles. The van der Waals surface area contributed by atoms with Gasteiger partial charge >= 0.3 is 6.03 Å². The van der Waals surface area contributed by atoms with Gasteiger partial charge in [-0.1, -0.05) is 24.3 Å². The monoisotopic (exact) mass is 219 g/mol. The van der Waals surface area contributed by atoms with Gasteiger partial charge in [0.05, 0.1) is 6.04 Å². The highest BCUT2D eigenvalue weighted by molar-refractivity contribution is 5.73. The minimum atomic E-state index is -0.338. The second kappa shape index (κ2) is 4.53. The molecule has 1 heterocycles. The first-order valence-corrected chi connectivity index (χ1v) is 5.52. The highest BCUT2D eigenvalue weighted by Gasteiger charge is 2.26. The first-order valence-electron chi connectivity index (χ1n) is 5.52. The number of benzene rings is 1. The van der Waals surface area contributed by atoms with Gasteiger partial charge in [-0.15, -0.1) is 0 Å². The lowest BCUT2D eigenvalue weighted by Gasteiger charge is -2.36. The number of primary amides is 1. The first kappa shape index (κ1) is 11.0. The Labute approximate surface area is 95.4 Å². The van der Waals surface area contributed by atoms with Crippen LogP contribution in [0.5, 0.6) is 0 Å². The lowest BCUT2D eigenvalue weighted by Crippen LogP contribution is -2.50. The topological polar surface area (TPSA) is 58.4 Å². The van der Waals surface area contributed by atoms with E-state index in [0.29, 0.717) is 6.54 Å². The van der Waals surface area contributed by atoms with Gasteiger partial charge in [0.15, 0.2) is 0 Å².